The van der Waals surface area contributed by atoms with E-state index in [1.54, 1.807) is 31.4 Å². The molecule has 0 fully saturated rings. The summed E-state index contributed by atoms with van der Waals surface area (Å²) in [5.74, 6) is 1.63. The molecule has 21 heavy (non-hydrogen) atoms. The number of nitrogens with zero attached hydrogens (tertiary/aromatic N) is 3. The topological polar surface area (TPSA) is 71.9 Å². The average Bonchev–Trinajstić information content (AvgIpc) is 3.05. The molecular formula is C16H11N3O2. The van der Waals surface area contributed by atoms with Crippen molar-refractivity contribution < 1.29 is 9.15 Å². The maximum absolute atomic E-state index is 8.78. The van der Waals surface area contributed by atoms with Crippen molar-refractivity contribution in [3.63, 3.8) is 0 Å². The maximum Gasteiger partial charge on any atom is 0.248 e. The molecule has 0 aliphatic carbocycles. The summed E-state index contributed by atoms with van der Waals surface area (Å²) in [6.07, 6.45) is 0. The Hall–Kier alpha value is -3.13. The van der Waals surface area contributed by atoms with Crippen molar-refractivity contribution in [1.82, 2.24) is 10.2 Å². The SMILES string of the molecule is COc1ccc(-c2nnc(-c3ccc(C#N)cc3)o2)cc1. The van der Waals surface area contributed by atoms with E-state index in [0.717, 1.165) is 16.9 Å². The highest BCUT2D eigenvalue weighted by atomic mass is 16.5. The number of aromatic nitrogens is 2. The number of nitriles is 1. The lowest BCUT2D eigenvalue weighted by atomic mass is 10.1. The minimum absolute atomic E-state index is 0.422. The van der Waals surface area contributed by atoms with Gasteiger partial charge >= 0.3 is 0 Å². The quantitative estimate of drug-likeness (QED) is 0.734. The fourth-order valence-electron chi connectivity index (χ4n) is 1.88. The van der Waals surface area contributed by atoms with Crippen molar-refractivity contribution >= 4 is 0 Å². The standard InChI is InChI=1S/C16H11N3O2/c1-20-14-8-6-13(7-9-14)16-19-18-15(21-16)12-4-2-11(10-17)3-5-12/h2-9H,1H3. The van der Waals surface area contributed by atoms with Gasteiger partial charge in [-0.05, 0) is 48.5 Å². The summed E-state index contributed by atoms with van der Waals surface area (Å²) in [5.41, 5.74) is 2.19. The first-order valence-electron chi connectivity index (χ1n) is 6.28. The molecule has 0 aliphatic rings. The number of rotatable bonds is 3. The van der Waals surface area contributed by atoms with Crippen LogP contribution in [0, 0.1) is 11.3 Å². The Balaban J connectivity index is 1.89. The lowest BCUT2D eigenvalue weighted by Crippen LogP contribution is -1.82. The van der Waals surface area contributed by atoms with E-state index in [2.05, 4.69) is 16.3 Å². The Morgan fingerprint density at radius 1 is 0.905 bits per heavy atom. The summed E-state index contributed by atoms with van der Waals surface area (Å²) >= 11 is 0. The molecule has 5 nitrogen and oxygen atoms in total. The zero-order valence-corrected chi connectivity index (χ0v) is 11.3. The van der Waals surface area contributed by atoms with Crippen molar-refractivity contribution in [3.05, 3.63) is 54.1 Å². The molecular weight excluding hydrogens is 266 g/mol. The second kappa shape index (κ2) is 5.47. The molecule has 5 heteroatoms. The minimum Gasteiger partial charge on any atom is -0.497 e. The van der Waals surface area contributed by atoms with Crippen LogP contribution in [0.15, 0.2) is 52.9 Å². The minimum atomic E-state index is 0.422. The van der Waals surface area contributed by atoms with Crippen LogP contribution in [0.3, 0.4) is 0 Å². The Morgan fingerprint density at radius 2 is 1.43 bits per heavy atom. The molecule has 0 saturated carbocycles. The average molecular weight is 277 g/mol. The first kappa shape index (κ1) is 12.9. The fraction of sp³-hybridized carbons (Fsp3) is 0.0625. The van der Waals surface area contributed by atoms with E-state index >= 15 is 0 Å². The molecule has 0 unspecified atom stereocenters. The summed E-state index contributed by atoms with van der Waals surface area (Å²) in [4.78, 5) is 0. The van der Waals surface area contributed by atoms with E-state index in [0.29, 0.717) is 17.3 Å². The Labute approximate surface area is 121 Å². The molecule has 0 aliphatic heterocycles. The second-order valence-electron chi connectivity index (χ2n) is 4.33. The molecule has 1 heterocycles. The molecule has 102 valence electrons. The summed E-state index contributed by atoms with van der Waals surface area (Å²) in [6, 6.07) is 16.4. The van der Waals surface area contributed by atoms with Gasteiger partial charge in [-0.2, -0.15) is 5.26 Å². The van der Waals surface area contributed by atoms with E-state index < -0.39 is 0 Å². The highest BCUT2D eigenvalue weighted by Crippen LogP contribution is 2.25. The van der Waals surface area contributed by atoms with E-state index in [4.69, 9.17) is 14.4 Å². The summed E-state index contributed by atoms with van der Waals surface area (Å²) in [6.45, 7) is 0. The van der Waals surface area contributed by atoms with Crippen molar-refractivity contribution in [2.45, 2.75) is 0 Å². The largest absolute Gasteiger partial charge is 0.497 e. The summed E-state index contributed by atoms with van der Waals surface area (Å²) < 4.78 is 10.8. The highest BCUT2D eigenvalue weighted by molar-refractivity contribution is 5.59. The predicted octanol–water partition coefficient (Wildman–Crippen LogP) is 3.28. The number of benzene rings is 2. The van der Waals surface area contributed by atoms with Gasteiger partial charge in [0, 0.05) is 11.1 Å². The molecule has 0 bridgehead atoms. The summed E-state index contributed by atoms with van der Waals surface area (Å²) in [7, 11) is 1.62. The molecule has 0 radical (unpaired) electrons. The van der Waals surface area contributed by atoms with E-state index in [1.807, 2.05) is 24.3 Å². The van der Waals surface area contributed by atoms with Crippen LogP contribution in [0.4, 0.5) is 0 Å². The molecule has 3 rings (SSSR count). The second-order valence-corrected chi connectivity index (χ2v) is 4.33. The lowest BCUT2D eigenvalue weighted by Gasteiger charge is -1.99. The maximum atomic E-state index is 8.78. The Bertz CT molecular complexity index is 784. The molecule has 0 spiro atoms. The third kappa shape index (κ3) is 2.60. The molecule has 3 aromatic rings. The Morgan fingerprint density at radius 3 is 1.90 bits per heavy atom. The monoisotopic (exact) mass is 277 g/mol. The van der Waals surface area contributed by atoms with Crippen molar-refractivity contribution in [2.75, 3.05) is 7.11 Å². The van der Waals surface area contributed by atoms with E-state index in [-0.39, 0.29) is 0 Å². The van der Waals surface area contributed by atoms with Crippen molar-refractivity contribution in [2.24, 2.45) is 0 Å². The van der Waals surface area contributed by atoms with Gasteiger partial charge in [0.1, 0.15) is 5.75 Å². The van der Waals surface area contributed by atoms with Crippen LogP contribution in [0.5, 0.6) is 5.75 Å². The van der Waals surface area contributed by atoms with Crippen LogP contribution in [-0.2, 0) is 0 Å². The third-order valence-electron chi connectivity index (χ3n) is 3.02. The fourth-order valence-corrected chi connectivity index (χ4v) is 1.88. The van der Waals surface area contributed by atoms with E-state index in [9.17, 15) is 0 Å². The molecule has 2 aromatic carbocycles. The third-order valence-corrected chi connectivity index (χ3v) is 3.02. The highest BCUT2D eigenvalue weighted by Gasteiger charge is 2.10. The first-order valence-corrected chi connectivity index (χ1v) is 6.28. The van der Waals surface area contributed by atoms with Crippen molar-refractivity contribution in [1.29, 1.82) is 5.26 Å². The van der Waals surface area contributed by atoms with Gasteiger partial charge in [0.2, 0.25) is 11.8 Å². The van der Waals surface area contributed by atoms with Crippen LogP contribution >= 0.6 is 0 Å². The number of hydrogen-bond acceptors (Lipinski definition) is 5. The van der Waals surface area contributed by atoms with Crippen LogP contribution < -0.4 is 4.74 Å². The van der Waals surface area contributed by atoms with Gasteiger partial charge in [-0.1, -0.05) is 0 Å². The smallest absolute Gasteiger partial charge is 0.248 e. The molecule has 0 atom stereocenters. The van der Waals surface area contributed by atoms with Crippen LogP contribution in [0.25, 0.3) is 22.9 Å². The molecule has 0 N–H and O–H groups in total. The zero-order valence-electron chi connectivity index (χ0n) is 11.3. The van der Waals surface area contributed by atoms with Crippen LogP contribution in [-0.4, -0.2) is 17.3 Å². The van der Waals surface area contributed by atoms with Gasteiger partial charge in [0.15, 0.2) is 0 Å². The van der Waals surface area contributed by atoms with Crippen molar-refractivity contribution in [3.8, 4) is 34.7 Å². The Kier molecular flexibility index (Phi) is 3.36. The molecule has 0 amide bonds. The molecule has 1 aromatic heterocycles. The zero-order chi connectivity index (χ0) is 14.7. The predicted molar refractivity (Wildman–Crippen MR) is 76.4 cm³/mol. The van der Waals surface area contributed by atoms with Gasteiger partial charge in [-0.3, -0.25) is 0 Å². The number of methoxy groups -OCH3 is 1. The van der Waals surface area contributed by atoms with Gasteiger partial charge < -0.3 is 9.15 Å². The number of ether oxygens (including phenoxy) is 1. The number of hydrogen-bond donors (Lipinski definition) is 0. The van der Waals surface area contributed by atoms with Gasteiger partial charge in [0.25, 0.3) is 0 Å². The van der Waals surface area contributed by atoms with Gasteiger partial charge in [0.05, 0.1) is 18.7 Å². The van der Waals surface area contributed by atoms with Crippen LogP contribution in [0.1, 0.15) is 5.56 Å². The van der Waals surface area contributed by atoms with E-state index in [1.165, 1.54) is 0 Å². The summed E-state index contributed by atoms with van der Waals surface area (Å²) in [5, 5.41) is 16.9. The van der Waals surface area contributed by atoms with Crippen LogP contribution in [0.2, 0.25) is 0 Å². The van der Waals surface area contributed by atoms with Gasteiger partial charge in [-0.15, -0.1) is 10.2 Å². The normalized spacial score (nSPS) is 10.1. The lowest BCUT2D eigenvalue weighted by molar-refractivity contribution is 0.415. The van der Waals surface area contributed by atoms with Gasteiger partial charge in [-0.25, -0.2) is 0 Å². The first-order chi connectivity index (χ1) is 10.3. The molecule has 0 saturated heterocycles.